The number of benzene rings is 3. The Bertz CT molecular complexity index is 1550. The lowest BCUT2D eigenvalue weighted by Gasteiger charge is -2.05. The van der Waals surface area contributed by atoms with Gasteiger partial charge in [-0.2, -0.15) is 10.2 Å². The number of anilines is 2. The van der Waals surface area contributed by atoms with Crippen molar-refractivity contribution in [3.05, 3.63) is 108 Å². The molecule has 0 aliphatic heterocycles. The van der Waals surface area contributed by atoms with Gasteiger partial charge in [0.05, 0.1) is 23.8 Å². The monoisotopic (exact) mass is 462 g/mol. The van der Waals surface area contributed by atoms with Crippen molar-refractivity contribution in [2.24, 2.45) is 0 Å². The van der Waals surface area contributed by atoms with Crippen molar-refractivity contribution >= 4 is 23.1 Å². The topological polar surface area (TPSA) is 96.0 Å². The Kier molecular flexibility index (Phi) is 5.97. The third-order valence-corrected chi connectivity index (χ3v) is 5.49. The van der Waals surface area contributed by atoms with E-state index in [9.17, 15) is 14.4 Å². The van der Waals surface area contributed by atoms with Crippen LogP contribution in [0.25, 0.3) is 16.9 Å². The molecule has 0 atom stereocenters. The molecule has 8 heteroatoms. The van der Waals surface area contributed by atoms with E-state index >= 15 is 0 Å². The van der Waals surface area contributed by atoms with Crippen molar-refractivity contribution in [1.29, 1.82) is 5.26 Å². The summed E-state index contributed by atoms with van der Waals surface area (Å²) in [5.74, 6) is -0.238. The number of Topliss-reactive ketones (excluding diaryl/α,β-unsaturated/α-hetero) is 1. The molecule has 0 aliphatic rings. The van der Waals surface area contributed by atoms with E-state index in [0.29, 0.717) is 24.2 Å². The van der Waals surface area contributed by atoms with Gasteiger partial charge in [0.2, 0.25) is 5.95 Å². The standard InChI is InChI=1S/C27H19FN6O/c28-23-7-4-8-24(22(23)15-29)31-27-32-26-16-30-25(17-34(26)33-27)20-11-9-19(10-12-20)14-21(35)13-18-5-2-1-3-6-18/h1-12,16-17H,13-14H2,(H,31,33). The quantitative estimate of drug-likeness (QED) is 0.370. The summed E-state index contributed by atoms with van der Waals surface area (Å²) in [5.41, 5.74) is 4.17. The fourth-order valence-electron chi connectivity index (χ4n) is 3.77. The molecule has 5 aromatic rings. The van der Waals surface area contributed by atoms with Crippen LogP contribution in [-0.2, 0) is 17.6 Å². The van der Waals surface area contributed by atoms with E-state index in [1.54, 1.807) is 23.0 Å². The van der Waals surface area contributed by atoms with Gasteiger partial charge in [-0.05, 0) is 23.3 Å². The molecule has 170 valence electrons. The van der Waals surface area contributed by atoms with E-state index in [1.165, 1.54) is 12.1 Å². The zero-order chi connectivity index (χ0) is 24.2. The number of nitriles is 1. The van der Waals surface area contributed by atoms with Crippen molar-refractivity contribution in [3.63, 3.8) is 0 Å². The molecule has 1 N–H and O–H groups in total. The van der Waals surface area contributed by atoms with E-state index in [1.807, 2.05) is 60.7 Å². The van der Waals surface area contributed by atoms with E-state index < -0.39 is 5.82 Å². The summed E-state index contributed by atoms with van der Waals surface area (Å²) in [6.07, 6.45) is 4.10. The van der Waals surface area contributed by atoms with Gasteiger partial charge in [-0.3, -0.25) is 9.78 Å². The number of rotatable bonds is 7. The minimum Gasteiger partial charge on any atom is -0.322 e. The highest BCUT2D eigenvalue weighted by Gasteiger charge is 2.12. The molecule has 0 saturated carbocycles. The second kappa shape index (κ2) is 9.53. The molecule has 5 rings (SSSR count). The molecule has 0 amide bonds. The first kappa shape index (κ1) is 21.9. The minimum absolute atomic E-state index is 0.104. The van der Waals surface area contributed by atoms with Crippen molar-refractivity contribution in [2.45, 2.75) is 12.8 Å². The van der Waals surface area contributed by atoms with Gasteiger partial charge in [0.25, 0.3) is 0 Å². The number of fused-ring (bicyclic) bond motifs is 1. The summed E-state index contributed by atoms with van der Waals surface area (Å²) in [4.78, 5) is 21.2. The predicted octanol–water partition coefficient (Wildman–Crippen LogP) is 4.90. The van der Waals surface area contributed by atoms with Gasteiger partial charge in [0.1, 0.15) is 23.2 Å². The summed E-state index contributed by atoms with van der Waals surface area (Å²) >= 11 is 0. The maximum atomic E-state index is 13.9. The van der Waals surface area contributed by atoms with Crippen LogP contribution in [0.1, 0.15) is 16.7 Å². The molecule has 0 fully saturated rings. The minimum atomic E-state index is -0.615. The van der Waals surface area contributed by atoms with Crippen LogP contribution in [0.3, 0.4) is 0 Å². The van der Waals surface area contributed by atoms with Crippen molar-refractivity contribution < 1.29 is 9.18 Å². The maximum Gasteiger partial charge on any atom is 0.247 e. The molecule has 0 radical (unpaired) electrons. The number of hydrogen-bond acceptors (Lipinski definition) is 6. The maximum absolute atomic E-state index is 13.9. The highest BCUT2D eigenvalue weighted by molar-refractivity contribution is 5.83. The normalized spacial score (nSPS) is 10.7. The molecular weight excluding hydrogens is 443 g/mol. The largest absolute Gasteiger partial charge is 0.322 e. The molecule has 2 aromatic heterocycles. The number of hydrogen-bond donors (Lipinski definition) is 1. The van der Waals surface area contributed by atoms with Crippen LogP contribution in [-0.4, -0.2) is 25.4 Å². The second-order valence-electron chi connectivity index (χ2n) is 7.98. The number of halogens is 1. The average Bonchev–Trinajstić information content (AvgIpc) is 3.27. The van der Waals surface area contributed by atoms with E-state index in [2.05, 4.69) is 20.4 Å². The summed E-state index contributed by atoms with van der Waals surface area (Å²) in [6, 6.07) is 23.5. The van der Waals surface area contributed by atoms with Crippen LogP contribution in [0.4, 0.5) is 16.0 Å². The number of nitrogens with zero attached hydrogens (tertiary/aromatic N) is 5. The zero-order valence-corrected chi connectivity index (χ0v) is 18.5. The lowest BCUT2D eigenvalue weighted by Crippen LogP contribution is -2.06. The fraction of sp³-hybridized carbons (Fsp3) is 0.0741. The summed E-state index contributed by atoms with van der Waals surface area (Å²) in [7, 11) is 0. The van der Waals surface area contributed by atoms with Gasteiger partial charge < -0.3 is 5.32 Å². The first-order valence-corrected chi connectivity index (χ1v) is 10.9. The Hall–Kier alpha value is -4.90. The van der Waals surface area contributed by atoms with Crippen molar-refractivity contribution in [3.8, 4) is 17.3 Å². The lowest BCUT2D eigenvalue weighted by atomic mass is 10.0. The highest BCUT2D eigenvalue weighted by atomic mass is 19.1. The van der Waals surface area contributed by atoms with Gasteiger partial charge in [0.15, 0.2) is 5.65 Å². The van der Waals surface area contributed by atoms with Crippen LogP contribution in [0, 0.1) is 17.1 Å². The summed E-state index contributed by atoms with van der Waals surface area (Å²) in [6.45, 7) is 0. The van der Waals surface area contributed by atoms with E-state index in [-0.39, 0.29) is 23.0 Å². The summed E-state index contributed by atoms with van der Waals surface area (Å²) < 4.78 is 15.4. The average molecular weight is 462 g/mol. The molecule has 35 heavy (non-hydrogen) atoms. The third-order valence-electron chi connectivity index (χ3n) is 5.49. The number of ketones is 1. The molecule has 0 aliphatic carbocycles. The van der Waals surface area contributed by atoms with Gasteiger partial charge in [-0.15, -0.1) is 5.10 Å². The van der Waals surface area contributed by atoms with Crippen LogP contribution in [0.5, 0.6) is 0 Å². The van der Waals surface area contributed by atoms with Crippen LogP contribution in [0.15, 0.2) is 85.2 Å². The van der Waals surface area contributed by atoms with Gasteiger partial charge in [-0.25, -0.2) is 8.91 Å². The molecule has 0 unspecified atom stereocenters. The Labute approximate surface area is 200 Å². The Morgan fingerprint density at radius 1 is 0.971 bits per heavy atom. The number of aromatic nitrogens is 4. The Balaban J connectivity index is 1.31. The Morgan fingerprint density at radius 3 is 2.46 bits per heavy atom. The molecule has 0 spiro atoms. The predicted molar refractivity (Wildman–Crippen MR) is 129 cm³/mol. The number of carbonyl (C=O) groups is 1. The van der Waals surface area contributed by atoms with E-state index in [4.69, 9.17) is 0 Å². The molecule has 2 heterocycles. The first-order valence-electron chi connectivity index (χ1n) is 10.9. The van der Waals surface area contributed by atoms with Crippen LogP contribution >= 0.6 is 0 Å². The van der Waals surface area contributed by atoms with Gasteiger partial charge in [-0.1, -0.05) is 60.7 Å². The second-order valence-corrected chi connectivity index (χ2v) is 7.98. The van der Waals surface area contributed by atoms with E-state index in [0.717, 1.165) is 16.7 Å². The van der Waals surface area contributed by atoms with Crippen LogP contribution < -0.4 is 5.32 Å². The van der Waals surface area contributed by atoms with Gasteiger partial charge in [0, 0.05) is 18.4 Å². The van der Waals surface area contributed by atoms with Crippen LogP contribution in [0.2, 0.25) is 0 Å². The molecule has 0 saturated heterocycles. The summed E-state index contributed by atoms with van der Waals surface area (Å²) in [5, 5.41) is 16.5. The fourth-order valence-corrected chi connectivity index (χ4v) is 3.77. The van der Waals surface area contributed by atoms with Gasteiger partial charge >= 0.3 is 0 Å². The third kappa shape index (κ3) is 4.89. The molecule has 0 bridgehead atoms. The van der Waals surface area contributed by atoms with Crippen molar-refractivity contribution in [1.82, 2.24) is 19.6 Å². The lowest BCUT2D eigenvalue weighted by molar-refractivity contribution is -0.117. The molecular formula is C27H19FN6O. The highest BCUT2D eigenvalue weighted by Crippen LogP contribution is 2.22. The molecule has 7 nitrogen and oxygen atoms in total. The SMILES string of the molecule is N#Cc1c(F)cccc1Nc1nc2cnc(-c3ccc(CC(=O)Cc4ccccc4)cc3)cn2n1. The number of nitrogens with one attached hydrogen (secondary N) is 1. The zero-order valence-electron chi connectivity index (χ0n) is 18.5. The number of carbonyl (C=O) groups excluding carboxylic acids is 1. The smallest absolute Gasteiger partial charge is 0.247 e. The first-order chi connectivity index (χ1) is 17.1. The van der Waals surface area contributed by atoms with Crippen molar-refractivity contribution in [2.75, 3.05) is 5.32 Å². The Morgan fingerprint density at radius 2 is 1.71 bits per heavy atom. The molecule has 3 aromatic carbocycles.